The van der Waals surface area contributed by atoms with E-state index in [1.54, 1.807) is 0 Å². The van der Waals surface area contributed by atoms with Crippen LogP contribution in [0.3, 0.4) is 0 Å². The molecule has 0 amide bonds. The van der Waals surface area contributed by atoms with Gasteiger partial charge in [0.05, 0.1) is 11.0 Å². The normalized spacial score (nSPS) is 11.5. The summed E-state index contributed by atoms with van der Waals surface area (Å²) in [5.41, 5.74) is 13.8. The number of rotatable bonds is 6. The van der Waals surface area contributed by atoms with E-state index in [9.17, 15) is 0 Å². The summed E-state index contributed by atoms with van der Waals surface area (Å²) in [6.07, 6.45) is 0. The number of hydrogen-bond acceptors (Lipinski definition) is 1. The Kier molecular flexibility index (Phi) is 7.86. The van der Waals surface area contributed by atoms with E-state index in [0.717, 1.165) is 28.1 Å². The van der Waals surface area contributed by atoms with E-state index in [1.165, 1.54) is 76.8 Å². The summed E-state index contributed by atoms with van der Waals surface area (Å²) in [5.74, 6) is 0.913. The van der Waals surface area contributed by atoms with Gasteiger partial charge < -0.3 is 0 Å². The van der Waals surface area contributed by atoms with Gasteiger partial charge in [0.1, 0.15) is 5.82 Å². The van der Waals surface area contributed by atoms with Crippen molar-refractivity contribution in [2.75, 3.05) is 0 Å². The molecule has 0 spiro atoms. The maximum atomic E-state index is 5.28. The fourth-order valence-electron chi connectivity index (χ4n) is 8.76. The van der Waals surface area contributed by atoms with Crippen molar-refractivity contribution in [3.63, 3.8) is 0 Å². The quantitative estimate of drug-likeness (QED) is 0.156. The second-order valence-corrected chi connectivity index (χ2v) is 14.7. The number of benzene rings is 10. The van der Waals surface area contributed by atoms with Gasteiger partial charge in [-0.25, -0.2) is 4.98 Å². The minimum absolute atomic E-state index is 0.913. The summed E-state index contributed by atoms with van der Waals surface area (Å²) in [6, 6.07) is 78.8. The molecule has 0 radical (unpaired) electrons. The zero-order valence-corrected chi connectivity index (χ0v) is 31.2. The fraction of sp³-hybridized carbons (Fsp3) is 0. The SMILES string of the molecule is c1ccc(-c2ccc(-c3nc4ccccc4n3-c3ccc(-c4c5ccccc5c(-c5ccc6ccccc6c5)c5ccccc45)cc3)cc2-c2ccccc2)cc1. The molecule has 0 aliphatic rings. The van der Waals surface area contributed by atoms with Crippen LogP contribution in [0.1, 0.15) is 0 Å². The molecule has 2 nitrogen and oxygen atoms in total. The van der Waals surface area contributed by atoms with Crippen LogP contribution in [0.5, 0.6) is 0 Å². The Morgan fingerprint density at radius 2 is 0.825 bits per heavy atom. The largest absolute Gasteiger partial charge is 0.292 e. The zero-order valence-electron chi connectivity index (χ0n) is 31.2. The van der Waals surface area contributed by atoms with Gasteiger partial charge in [0.2, 0.25) is 0 Å². The Bertz CT molecular complexity index is 3210. The highest BCUT2D eigenvalue weighted by molar-refractivity contribution is 6.21. The molecule has 1 heterocycles. The molecule has 11 aromatic rings. The van der Waals surface area contributed by atoms with Crippen LogP contribution in [-0.4, -0.2) is 9.55 Å². The molecular weight excluding hydrogens is 689 g/mol. The van der Waals surface area contributed by atoms with Gasteiger partial charge in [-0.1, -0.05) is 182 Å². The summed E-state index contributed by atoms with van der Waals surface area (Å²) >= 11 is 0. The van der Waals surface area contributed by atoms with Crippen molar-refractivity contribution in [2.24, 2.45) is 0 Å². The Hall–Kier alpha value is -7.55. The Morgan fingerprint density at radius 1 is 0.316 bits per heavy atom. The molecule has 1 aromatic heterocycles. The highest BCUT2D eigenvalue weighted by atomic mass is 15.1. The zero-order chi connectivity index (χ0) is 37.7. The van der Waals surface area contributed by atoms with Crippen LogP contribution in [0.2, 0.25) is 0 Å². The summed E-state index contributed by atoms with van der Waals surface area (Å²) in [4.78, 5) is 5.28. The van der Waals surface area contributed by atoms with Crippen LogP contribution in [0.15, 0.2) is 218 Å². The molecule has 0 bridgehead atoms. The lowest BCUT2D eigenvalue weighted by Crippen LogP contribution is -1.98. The average Bonchev–Trinajstić information content (AvgIpc) is 3.68. The molecule has 0 aliphatic heterocycles. The number of fused-ring (bicyclic) bond motifs is 4. The third-order valence-electron chi connectivity index (χ3n) is 11.4. The molecule has 10 aromatic carbocycles. The molecule has 0 unspecified atom stereocenters. The van der Waals surface area contributed by atoms with Gasteiger partial charge >= 0.3 is 0 Å². The van der Waals surface area contributed by atoms with Crippen LogP contribution in [-0.2, 0) is 0 Å². The average molecular weight is 725 g/mol. The number of imidazole rings is 1. The monoisotopic (exact) mass is 724 g/mol. The topological polar surface area (TPSA) is 17.8 Å². The smallest absolute Gasteiger partial charge is 0.145 e. The first-order valence-corrected chi connectivity index (χ1v) is 19.5. The lowest BCUT2D eigenvalue weighted by Gasteiger charge is -2.18. The van der Waals surface area contributed by atoms with Crippen molar-refractivity contribution in [2.45, 2.75) is 0 Å². The molecular formula is C55H36N2. The molecule has 57 heavy (non-hydrogen) atoms. The standard InChI is InChI=1S/C55H36N2/c1-3-16-38(17-4-1)45-34-31-43(36-50(45)39-18-5-2-6-19-39)55-56-51-25-13-14-26-52(51)57(55)44-32-29-40(30-33-44)53-46-21-9-11-23-48(46)54(49-24-12-10-22-47(49)53)42-28-27-37-15-7-8-20-41(37)35-42/h1-36H. The first-order valence-electron chi connectivity index (χ1n) is 19.5. The second kappa shape index (κ2) is 13.6. The Balaban J connectivity index is 1.08. The molecule has 0 N–H and O–H groups in total. The van der Waals surface area contributed by atoms with Gasteiger partial charge in [-0.3, -0.25) is 4.57 Å². The van der Waals surface area contributed by atoms with E-state index in [-0.39, 0.29) is 0 Å². The lowest BCUT2D eigenvalue weighted by molar-refractivity contribution is 1.10. The van der Waals surface area contributed by atoms with Crippen LogP contribution >= 0.6 is 0 Å². The third-order valence-corrected chi connectivity index (χ3v) is 11.4. The van der Waals surface area contributed by atoms with Gasteiger partial charge in [-0.05, 0) is 113 Å². The molecule has 0 saturated heterocycles. The Morgan fingerprint density at radius 3 is 1.49 bits per heavy atom. The molecule has 0 aliphatic carbocycles. The van der Waals surface area contributed by atoms with Crippen molar-refractivity contribution in [1.82, 2.24) is 9.55 Å². The number of aromatic nitrogens is 2. The molecule has 266 valence electrons. The summed E-state index contributed by atoms with van der Waals surface area (Å²) in [6.45, 7) is 0. The molecule has 11 rings (SSSR count). The van der Waals surface area contributed by atoms with Gasteiger partial charge in [-0.15, -0.1) is 0 Å². The minimum atomic E-state index is 0.913. The van der Waals surface area contributed by atoms with Crippen LogP contribution < -0.4 is 0 Å². The summed E-state index contributed by atoms with van der Waals surface area (Å²) < 4.78 is 2.31. The molecule has 0 atom stereocenters. The van der Waals surface area contributed by atoms with E-state index in [0.29, 0.717) is 0 Å². The maximum absolute atomic E-state index is 5.28. The van der Waals surface area contributed by atoms with Gasteiger partial charge in [0.15, 0.2) is 0 Å². The number of hydrogen-bond donors (Lipinski definition) is 0. The van der Waals surface area contributed by atoms with E-state index in [2.05, 4.69) is 223 Å². The summed E-state index contributed by atoms with van der Waals surface area (Å²) in [5, 5.41) is 7.49. The van der Waals surface area contributed by atoms with Gasteiger partial charge in [0, 0.05) is 11.3 Å². The van der Waals surface area contributed by atoms with Gasteiger partial charge in [-0.2, -0.15) is 0 Å². The first-order chi connectivity index (χ1) is 28.3. The summed E-state index contributed by atoms with van der Waals surface area (Å²) in [7, 11) is 0. The van der Waals surface area contributed by atoms with Crippen molar-refractivity contribution < 1.29 is 0 Å². The lowest BCUT2D eigenvalue weighted by atomic mass is 9.85. The number of nitrogens with zero attached hydrogens (tertiary/aromatic N) is 2. The van der Waals surface area contributed by atoms with Crippen LogP contribution in [0.25, 0.3) is 105 Å². The van der Waals surface area contributed by atoms with Crippen molar-refractivity contribution in [3.8, 4) is 61.6 Å². The Labute approximate surface area is 331 Å². The molecule has 0 saturated carbocycles. The van der Waals surface area contributed by atoms with Crippen molar-refractivity contribution in [3.05, 3.63) is 218 Å². The number of para-hydroxylation sites is 2. The molecule has 0 fully saturated rings. The second-order valence-electron chi connectivity index (χ2n) is 14.7. The van der Waals surface area contributed by atoms with Crippen molar-refractivity contribution >= 4 is 43.4 Å². The highest BCUT2D eigenvalue weighted by Crippen LogP contribution is 2.45. The molecule has 2 heteroatoms. The van der Waals surface area contributed by atoms with Crippen molar-refractivity contribution in [1.29, 1.82) is 0 Å². The van der Waals surface area contributed by atoms with E-state index >= 15 is 0 Å². The fourth-order valence-corrected chi connectivity index (χ4v) is 8.76. The maximum Gasteiger partial charge on any atom is 0.145 e. The van der Waals surface area contributed by atoms with Crippen LogP contribution in [0, 0.1) is 0 Å². The van der Waals surface area contributed by atoms with Crippen LogP contribution in [0.4, 0.5) is 0 Å². The first kappa shape index (κ1) is 32.8. The van der Waals surface area contributed by atoms with E-state index in [1.807, 2.05) is 0 Å². The predicted octanol–water partition coefficient (Wildman–Crippen LogP) is 14.8. The predicted molar refractivity (Wildman–Crippen MR) is 241 cm³/mol. The van der Waals surface area contributed by atoms with Gasteiger partial charge in [0.25, 0.3) is 0 Å². The highest BCUT2D eigenvalue weighted by Gasteiger charge is 2.20. The third kappa shape index (κ3) is 5.61. The van der Waals surface area contributed by atoms with E-state index < -0.39 is 0 Å². The minimum Gasteiger partial charge on any atom is -0.292 e. The van der Waals surface area contributed by atoms with E-state index in [4.69, 9.17) is 4.98 Å².